The molecule has 4 heterocycles. The Morgan fingerprint density at radius 1 is 1.23 bits per heavy atom. The van der Waals surface area contributed by atoms with E-state index in [1.807, 2.05) is 36.4 Å². The summed E-state index contributed by atoms with van der Waals surface area (Å²) in [5, 5.41) is 4.76. The maximum absolute atomic E-state index is 13.5. The van der Waals surface area contributed by atoms with Crippen molar-refractivity contribution in [1.29, 1.82) is 0 Å². The quantitative estimate of drug-likeness (QED) is 0.563. The number of halogens is 2. The fraction of sp³-hybridized carbons (Fsp3) is 0.238. The van der Waals surface area contributed by atoms with Crippen LogP contribution in [0.4, 0.5) is 8.78 Å². The number of amides is 1. The van der Waals surface area contributed by atoms with E-state index in [2.05, 4.69) is 15.1 Å². The predicted octanol–water partition coefficient (Wildman–Crippen LogP) is 3.42. The van der Waals surface area contributed by atoms with Gasteiger partial charge in [0.2, 0.25) is 0 Å². The molecule has 0 saturated carbocycles. The van der Waals surface area contributed by atoms with Crippen LogP contribution < -0.4 is 0 Å². The lowest BCUT2D eigenvalue weighted by Gasteiger charge is -2.34. The first-order valence-electron chi connectivity index (χ1n) is 9.53. The second kappa shape index (κ2) is 7.01. The summed E-state index contributed by atoms with van der Waals surface area (Å²) in [4.78, 5) is 27.2. The van der Waals surface area contributed by atoms with E-state index < -0.39 is 24.1 Å². The number of rotatable bonds is 3. The predicted molar refractivity (Wildman–Crippen MR) is 105 cm³/mol. The minimum atomic E-state index is -2.84. The van der Waals surface area contributed by atoms with Crippen molar-refractivity contribution in [3.63, 3.8) is 0 Å². The van der Waals surface area contributed by atoms with Gasteiger partial charge in [0.1, 0.15) is 11.7 Å². The molecule has 0 aliphatic carbocycles. The van der Waals surface area contributed by atoms with E-state index in [0.717, 1.165) is 16.6 Å². The maximum atomic E-state index is 13.5. The topological polar surface area (TPSA) is 79.7 Å². The van der Waals surface area contributed by atoms with Crippen LogP contribution in [0.2, 0.25) is 0 Å². The molecule has 0 saturated heterocycles. The highest BCUT2D eigenvalue weighted by Crippen LogP contribution is 2.35. The molecular formula is C21H18F2N6O. The summed E-state index contributed by atoms with van der Waals surface area (Å²) in [6, 6.07) is 10.9. The third-order valence-corrected chi connectivity index (χ3v) is 5.38. The second-order valence-electron chi connectivity index (χ2n) is 7.25. The fourth-order valence-electron chi connectivity index (χ4n) is 4.02. The Morgan fingerprint density at radius 3 is 2.90 bits per heavy atom. The van der Waals surface area contributed by atoms with Crippen LogP contribution in [0.5, 0.6) is 0 Å². The molecule has 0 unspecified atom stereocenters. The lowest BCUT2D eigenvalue weighted by molar-refractivity contribution is 0.0675. The number of aromatic amines is 1. The smallest absolute Gasteiger partial charge is 0.282 e. The number of para-hydroxylation sites is 1. The molecule has 1 atom stereocenters. The van der Waals surface area contributed by atoms with Crippen molar-refractivity contribution in [2.24, 2.45) is 7.05 Å². The van der Waals surface area contributed by atoms with Crippen LogP contribution in [0, 0.1) is 0 Å². The zero-order valence-corrected chi connectivity index (χ0v) is 16.1. The summed E-state index contributed by atoms with van der Waals surface area (Å²) in [7, 11) is 1.52. The van der Waals surface area contributed by atoms with Crippen LogP contribution in [0.3, 0.4) is 0 Å². The number of aryl methyl sites for hydroxylation is 1. The highest BCUT2D eigenvalue weighted by molar-refractivity contribution is 5.96. The van der Waals surface area contributed by atoms with Gasteiger partial charge in [0.05, 0.1) is 28.8 Å². The molecule has 5 rings (SSSR count). The summed E-state index contributed by atoms with van der Waals surface area (Å²) < 4.78 is 28.2. The molecule has 30 heavy (non-hydrogen) atoms. The number of pyridine rings is 1. The molecule has 1 N–H and O–H groups in total. The Kier molecular flexibility index (Phi) is 4.30. The van der Waals surface area contributed by atoms with E-state index in [1.165, 1.54) is 17.9 Å². The van der Waals surface area contributed by atoms with Gasteiger partial charge in [-0.25, -0.2) is 13.8 Å². The number of carbonyl (C=O) groups is 1. The molecule has 152 valence electrons. The van der Waals surface area contributed by atoms with Gasteiger partial charge < -0.3 is 9.88 Å². The van der Waals surface area contributed by atoms with Crippen molar-refractivity contribution in [3.05, 3.63) is 77.3 Å². The molecular weight excluding hydrogens is 390 g/mol. The van der Waals surface area contributed by atoms with Gasteiger partial charge in [-0.3, -0.25) is 14.5 Å². The largest absolute Gasteiger partial charge is 0.348 e. The number of hydrogen-bond donors (Lipinski definition) is 1. The number of fused-ring (bicyclic) bond motifs is 2. The van der Waals surface area contributed by atoms with Gasteiger partial charge in [0.15, 0.2) is 0 Å². The van der Waals surface area contributed by atoms with Crippen LogP contribution in [-0.2, 0) is 13.5 Å². The van der Waals surface area contributed by atoms with Crippen LogP contribution in [0.25, 0.3) is 10.9 Å². The number of benzene rings is 1. The highest BCUT2D eigenvalue weighted by atomic mass is 19.3. The van der Waals surface area contributed by atoms with E-state index in [1.54, 1.807) is 11.2 Å². The summed E-state index contributed by atoms with van der Waals surface area (Å²) in [5.41, 5.74) is 2.41. The number of nitrogens with one attached hydrogen (secondary N) is 1. The molecule has 7 nitrogen and oxygen atoms in total. The van der Waals surface area contributed by atoms with Crippen molar-refractivity contribution >= 4 is 16.8 Å². The Morgan fingerprint density at radius 2 is 2.07 bits per heavy atom. The van der Waals surface area contributed by atoms with E-state index in [0.29, 0.717) is 24.4 Å². The molecule has 1 aromatic carbocycles. The third-order valence-electron chi connectivity index (χ3n) is 5.38. The van der Waals surface area contributed by atoms with Gasteiger partial charge in [-0.1, -0.05) is 24.3 Å². The standard InChI is InChI=1S/C21H18F2N6O/c1-28-10-13(17(27-28)20(22)23)21(30)29-9-8-15-18(25-11-24-15)19(29)16-7-6-12-4-2-3-5-14(12)26-16/h2-7,10-11,19-20H,8-9H2,1H3,(H,24,25)/t19-/m1/s1. The first-order valence-corrected chi connectivity index (χ1v) is 9.53. The number of imidazole rings is 1. The number of alkyl halides is 2. The summed E-state index contributed by atoms with van der Waals surface area (Å²) in [5.74, 6) is -0.507. The number of hydrogen-bond acceptors (Lipinski definition) is 4. The number of carbonyl (C=O) groups excluding carboxylic acids is 1. The zero-order chi connectivity index (χ0) is 20.8. The van der Waals surface area contributed by atoms with Crippen LogP contribution in [0.1, 0.15) is 45.6 Å². The van der Waals surface area contributed by atoms with Crippen molar-refractivity contribution in [3.8, 4) is 0 Å². The molecule has 0 fully saturated rings. The zero-order valence-electron chi connectivity index (χ0n) is 16.1. The Hall–Kier alpha value is -3.62. The molecule has 1 aliphatic heterocycles. The monoisotopic (exact) mass is 408 g/mol. The maximum Gasteiger partial charge on any atom is 0.282 e. The normalized spacial score (nSPS) is 16.3. The van der Waals surface area contributed by atoms with Crippen molar-refractivity contribution in [2.45, 2.75) is 18.9 Å². The Balaban J connectivity index is 1.63. The molecule has 1 amide bonds. The Bertz CT molecular complexity index is 1250. The van der Waals surface area contributed by atoms with Crippen molar-refractivity contribution < 1.29 is 13.6 Å². The average Bonchev–Trinajstić information content (AvgIpc) is 3.38. The first-order chi connectivity index (χ1) is 14.5. The third kappa shape index (κ3) is 2.94. The molecule has 0 radical (unpaired) electrons. The summed E-state index contributed by atoms with van der Waals surface area (Å²) >= 11 is 0. The average molecular weight is 408 g/mol. The molecule has 4 aromatic rings. The number of nitrogens with zero attached hydrogens (tertiary/aromatic N) is 5. The lowest BCUT2D eigenvalue weighted by Crippen LogP contribution is -2.41. The van der Waals surface area contributed by atoms with Gasteiger partial charge in [0, 0.05) is 37.3 Å². The second-order valence-corrected chi connectivity index (χ2v) is 7.25. The summed E-state index contributed by atoms with van der Waals surface area (Å²) in [6.07, 6.45) is 0.638. The molecule has 9 heteroatoms. The molecule has 3 aromatic heterocycles. The van der Waals surface area contributed by atoms with E-state index in [-0.39, 0.29) is 5.56 Å². The Labute approximate surface area is 170 Å². The van der Waals surface area contributed by atoms with Crippen LogP contribution in [-0.4, -0.2) is 42.1 Å². The molecule has 0 spiro atoms. The SMILES string of the molecule is Cn1cc(C(=O)N2CCc3[nH]cnc3[C@H]2c2ccc3ccccc3n2)c(C(F)F)n1. The van der Waals surface area contributed by atoms with Crippen LogP contribution in [0.15, 0.2) is 48.9 Å². The minimum Gasteiger partial charge on any atom is -0.348 e. The first kappa shape index (κ1) is 18.4. The minimum absolute atomic E-state index is 0.0997. The van der Waals surface area contributed by atoms with Gasteiger partial charge in [0.25, 0.3) is 12.3 Å². The molecule has 0 bridgehead atoms. The van der Waals surface area contributed by atoms with Crippen LogP contribution >= 0.6 is 0 Å². The summed E-state index contributed by atoms with van der Waals surface area (Å²) in [6.45, 7) is 0.352. The van der Waals surface area contributed by atoms with Gasteiger partial charge >= 0.3 is 0 Å². The number of aromatic nitrogens is 5. The van der Waals surface area contributed by atoms with E-state index in [4.69, 9.17) is 4.98 Å². The van der Waals surface area contributed by atoms with E-state index in [9.17, 15) is 13.6 Å². The molecule has 1 aliphatic rings. The van der Waals surface area contributed by atoms with Gasteiger partial charge in [-0.15, -0.1) is 0 Å². The van der Waals surface area contributed by atoms with E-state index >= 15 is 0 Å². The highest BCUT2D eigenvalue weighted by Gasteiger charge is 2.37. The fourth-order valence-corrected chi connectivity index (χ4v) is 4.02. The number of H-pyrrole nitrogens is 1. The van der Waals surface area contributed by atoms with Gasteiger partial charge in [-0.05, 0) is 12.1 Å². The van der Waals surface area contributed by atoms with Crippen molar-refractivity contribution in [1.82, 2.24) is 29.6 Å². The van der Waals surface area contributed by atoms with Gasteiger partial charge in [-0.2, -0.15) is 5.10 Å². The lowest BCUT2D eigenvalue weighted by atomic mass is 9.97. The van der Waals surface area contributed by atoms with Crippen molar-refractivity contribution in [2.75, 3.05) is 6.54 Å².